The summed E-state index contributed by atoms with van der Waals surface area (Å²) in [5.41, 5.74) is 0.609. The largest absolute Gasteiger partial charge is 0.454 e. The van der Waals surface area contributed by atoms with Crippen LogP contribution in [0.1, 0.15) is 0 Å². The van der Waals surface area contributed by atoms with E-state index in [0.29, 0.717) is 17.2 Å². The maximum atomic E-state index is 12.0. The molecule has 1 fully saturated rings. The number of anilines is 1. The van der Waals surface area contributed by atoms with Crippen molar-refractivity contribution in [1.82, 2.24) is 9.03 Å². The Morgan fingerprint density at radius 1 is 1.30 bits per heavy atom. The molecule has 10 heteroatoms. The fourth-order valence-corrected chi connectivity index (χ4v) is 2.87. The molecule has 1 aromatic carbocycles. The van der Waals surface area contributed by atoms with Crippen molar-refractivity contribution < 1.29 is 27.4 Å². The number of benzene rings is 1. The van der Waals surface area contributed by atoms with E-state index >= 15 is 0 Å². The highest BCUT2D eigenvalue weighted by Gasteiger charge is 2.34. The number of amides is 1. The molecule has 2 heterocycles. The number of hydrogen-bond donors (Lipinski definition) is 1. The van der Waals surface area contributed by atoms with E-state index in [1.807, 2.05) is 0 Å². The van der Waals surface area contributed by atoms with Crippen LogP contribution in [0, 0.1) is 0 Å². The molecule has 1 atom stereocenters. The van der Waals surface area contributed by atoms with Crippen molar-refractivity contribution in [3.05, 3.63) is 18.2 Å². The van der Waals surface area contributed by atoms with Crippen LogP contribution in [-0.2, 0) is 14.9 Å². The molecule has 0 saturated carbocycles. The Kier molecular flexibility index (Phi) is 4.04. The van der Waals surface area contributed by atoms with E-state index in [-0.39, 0.29) is 19.9 Å². The minimum absolute atomic E-state index is 0.00725. The lowest BCUT2D eigenvalue weighted by molar-refractivity contribution is 0.143. The van der Waals surface area contributed by atoms with Crippen molar-refractivity contribution in [2.24, 2.45) is 0 Å². The van der Waals surface area contributed by atoms with Crippen LogP contribution in [0.15, 0.2) is 18.2 Å². The topological polar surface area (TPSA) is 97.4 Å². The molecule has 0 radical (unpaired) electrons. The molecule has 3 rings (SSSR count). The Bertz CT molecular complexity index is 720. The first-order valence-corrected chi connectivity index (χ1v) is 8.36. The number of ether oxygens (including phenoxy) is 3. The van der Waals surface area contributed by atoms with Gasteiger partial charge >= 0.3 is 6.09 Å². The SMILES string of the molecule is CN(C)S(=O)(=O)NC[C@H]1CN(c2ccc3c(c2)OCO3)C(=O)O1. The summed E-state index contributed by atoms with van der Waals surface area (Å²) in [5.74, 6) is 1.18. The fourth-order valence-electron chi connectivity index (χ4n) is 2.22. The van der Waals surface area contributed by atoms with Gasteiger partial charge < -0.3 is 14.2 Å². The smallest absolute Gasteiger partial charge is 0.414 e. The van der Waals surface area contributed by atoms with E-state index in [9.17, 15) is 13.2 Å². The normalized spacial score (nSPS) is 20.2. The molecule has 23 heavy (non-hydrogen) atoms. The molecular formula is C13H17N3O6S. The Labute approximate surface area is 133 Å². The summed E-state index contributed by atoms with van der Waals surface area (Å²) in [4.78, 5) is 13.4. The van der Waals surface area contributed by atoms with Crippen LogP contribution < -0.4 is 19.1 Å². The van der Waals surface area contributed by atoms with E-state index in [1.165, 1.54) is 19.0 Å². The van der Waals surface area contributed by atoms with Crippen LogP contribution in [0.5, 0.6) is 11.5 Å². The van der Waals surface area contributed by atoms with Crippen molar-refractivity contribution in [1.29, 1.82) is 0 Å². The van der Waals surface area contributed by atoms with Gasteiger partial charge in [0.05, 0.1) is 18.8 Å². The second kappa shape index (κ2) is 5.87. The lowest BCUT2D eigenvalue weighted by atomic mass is 10.2. The number of nitrogens with one attached hydrogen (secondary N) is 1. The van der Waals surface area contributed by atoms with Crippen molar-refractivity contribution in [3.63, 3.8) is 0 Å². The Balaban J connectivity index is 1.66. The molecule has 126 valence electrons. The third-order valence-electron chi connectivity index (χ3n) is 3.52. The van der Waals surface area contributed by atoms with Gasteiger partial charge in [0.1, 0.15) is 6.10 Å². The van der Waals surface area contributed by atoms with Gasteiger partial charge in [0.25, 0.3) is 10.2 Å². The lowest BCUT2D eigenvalue weighted by Crippen LogP contribution is -2.40. The van der Waals surface area contributed by atoms with Crippen LogP contribution in [-0.4, -0.2) is 58.9 Å². The molecule has 2 aliphatic rings. The van der Waals surface area contributed by atoms with E-state index in [0.717, 1.165) is 4.31 Å². The van der Waals surface area contributed by atoms with Gasteiger partial charge in [0, 0.05) is 20.2 Å². The number of rotatable bonds is 5. The number of hydrogen-bond acceptors (Lipinski definition) is 6. The molecule has 1 N–H and O–H groups in total. The van der Waals surface area contributed by atoms with Crippen LogP contribution in [0.4, 0.5) is 10.5 Å². The number of carbonyl (C=O) groups excluding carboxylic acids is 1. The van der Waals surface area contributed by atoms with Gasteiger partial charge in [-0.3, -0.25) is 4.90 Å². The predicted molar refractivity (Wildman–Crippen MR) is 80.8 cm³/mol. The van der Waals surface area contributed by atoms with Crippen LogP contribution in [0.2, 0.25) is 0 Å². The summed E-state index contributed by atoms with van der Waals surface area (Å²) >= 11 is 0. The number of carbonyl (C=O) groups is 1. The molecule has 0 unspecified atom stereocenters. The maximum absolute atomic E-state index is 12.0. The fraction of sp³-hybridized carbons (Fsp3) is 0.462. The van der Waals surface area contributed by atoms with Gasteiger partial charge in [-0.15, -0.1) is 0 Å². The highest BCUT2D eigenvalue weighted by molar-refractivity contribution is 7.87. The second-order valence-electron chi connectivity index (χ2n) is 5.29. The zero-order chi connectivity index (χ0) is 16.6. The van der Waals surface area contributed by atoms with E-state index in [2.05, 4.69) is 4.72 Å². The first-order valence-electron chi connectivity index (χ1n) is 6.92. The van der Waals surface area contributed by atoms with E-state index in [1.54, 1.807) is 18.2 Å². The maximum Gasteiger partial charge on any atom is 0.414 e. The molecule has 1 saturated heterocycles. The van der Waals surface area contributed by atoms with Crippen molar-refractivity contribution in [2.75, 3.05) is 38.9 Å². The average molecular weight is 343 g/mol. The Morgan fingerprint density at radius 3 is 2.78 bits per heavy atom. The van der Waals surface area contributed by atoms with Gasteiger partial charge in [-0.25, -0.2) is 4.79 Å². The van der Waals surface area contributed by atoms with E-state index < -0.39 is 22.4 Å². The summed E-state index contributed by atoms with van der Waals surface area (Å²) in [7, 11) is -0.719. The minimum atomic E-state index is -3.56. The summed E-state index contributed by atoms with van der Waals surface area (Å²) in [6, 6.07) is 5.13. The van der Waals surface area contributed by atoms with Gasteiger partial charge in [-0.2, -0.15) is 17.4 Å². The molecule has 0 bridgehead atoms. The van der Waals surface area contributed by atoms with Gasteiger partial charge in [-0.05, 0) is 12.1 Å². The quantitative estimate of drug-likeness (QED) is 0.817. The molecule has 1 amide bonds. The number of fused-ring (bicyclic) bond motifs is 1. The Morgan fingerprint density at radius 2 is 2.04 bits per heavy atom. The number of nitrogens with zero attached hydrogens (tertiary/aromatic N) is 2. The molecule has 1 aromatic rings. The van der Waals surface area contributed by atoms with Crippen molar-refractivity contribution in [2.45, 2.75) is 6.10 Å². The lowest BCUT2D eigenvalue weighted by Gasteiger charge is -2.15. The van der Waals surface area contributed by atoms with Crippen LogP contribution in [0.3, 0.4) is 0 Å². The predicted octanol–water partition coefficient (Wildman–Crippen LogP) is 0.137. The zero-order valence-electron chi connectivity index (χ0n) is 12.7. The first-order chi connectivity index (χ1) is 10.9. The standard InChI is InChI=1S/C13H17N3O6S/c1-15(2)23(18,19)14-6-10-7-16(13(17)22-10)9-3-4-11-12(5-9)21-8-20-11/h3-5,10,14H,6-8H2,1-2H3/t10-/m0/s1. The third-order valence-corrected chi connectivity index (χ3v) is 5.01. The molecular weight excluding hydrogens is 326 g/mol. The van der Waals surface area contributed by atoms with Gasteiger partial charge in [0.15, 0.2) is 11.5 Å². The van der Waals surface area contributed by atoms with Gasteiger partial charge in [-0.1, -0.05) is 0 Å². The molecule has 0 spiro atoms. The monoisotopic (exact) mass is 343 g/mol. The zero-order valence-corrected chi connectivity index (χ0v) is 13.5. The first kappa shape index (κ1) is 15.8. The summed E-state index contributed by atoms with van der Waals surface area (Å²) in [5, 5.41) is 0. The van der Waals surface area contributed by atoms with E-state index in [4.69, 9.17) is 14.2 Å². The Hall–Kier alpha value is -2.04. The third kappa shape index (κ3) is 3.19. The van der Waals surface area contributed by atoms with Crippen molar-refractivity contribution in [3.8, 4) is 11.5 Å². The average Bonchev–Trinajstić information content (AvgIpc) is 3.10. The summed E-state index contributed by atoms with van der Waals surface area (Å²) < 4.78 is 42.5. The minimum Gasteiger partial charge on any atom is -0.454 e. The van der Waals surface area contributed by atoms with Gasteiger partial charge in [0.2, 0.25) is 6.79 Å². The molecule has 9 nitrogen and oxygen atoms in total. The van der Waals surface area contributed by atoms with Crippen LogP contribution >= 0.6 is 0 Å². The second-order valence-corrected chi connectivity index (χ2v) is 7.26. The summed E-state index contributed by atoms with van der Waals surface area (Å²) in [6.45, 7) is 0.403. The number of cyclic esters (lactones) is 1. The van der Waals surface area contributed by atoms with Crippen molar-refractivity contribution >= 4 is 22.0 Å². The molecule has 2 aliphatic heterocycles. The highest BCUT2D eigenvalue weighted by Crippen LogP contribution is 2.36. The summed E-state index contributed by atoms with van der Waals surface area (Å²) in [6.07, 6.45) is -1.10. The molecule has 0 aliphatic carbocycles. The highest BCUT2D eigenvalue weighted by atomic mass is 32.2. The molecule has 0 aromatic heterocycles. The van der Waals surface area contributed by atoms with Crippen LogP contribution in [0.25, 0.3) is 0 Å².